The minimum Gasteiger partial charge on any atom is -0.346 e. The molecule has 47 heavy (non-hydrogen) atoms. The summed E-state index contributed by atoms with van der Waals surface area (Å²) >= 11 is 0. The second-order valence-corrected chi connectivity index (χ2v) is 14.7. The first-order valence-electron chi connectivity index (χ1n) is 17.0. The molecule has 5 rings (SSSR count). The molecule has 0 aromatic heterocycles. The van der Waals surface area contributed by atoms with E-state index in [1.54, 1.807) is 11.8 Å². The quantitative estimate of drug-likeness (QED) is 0.180. The Hall–Kier alpha value is -4.02. The van der Waals surface area contributed by atoms with Crippen molar-refractivity contribution in [3.8, 4) is 0 Å². The molecule has 3 aliphatic carbocycles. The van der Waals surface area contributed by atoms with E-state index < -0.39 is 47.8 Å². The van der Waals surface area contributed by atoms with Crippen molar-refractivity contribution in [2.45, 2.75) is 90.9 Å². The van der Waals surface area contributed by atoms with Gasteiger partial charge in [0.05, 0.1) is 12.1 Å². The third kappa shape index (κ3) is 6.99. The van der Waals surface area contributed by atoms with Crippen molar-refractivity contribution < 1.29 is 28.8 Å². The fraction of sp³-hybridized carbons (Fsp3) is 0.611. The Bertz CT molecular complexity index is 1430. The second kappa shape index (κ2) is 13.6. The lowest BCUT2D eigenvalue weighted by molar-refractivity contribution is -0.144. The van der Waals surface area contributed by atoms with Crippen LogP contribution >= 0.6 is 0 Å². The van der Waals surface area contributed by atoms with Gasteiger partial charge in [-0.25, -0.2) is 4.79 Å². The van der Waals surface area contributed by atoms with Crippen molar-refractivity contribution in [2.75, 3.05) is 13.1 Å². The number of nitrogens with one attached hydrogen (secondary N) is 4. The summed E-state index contributed by atoms with van der Waals surface area (Å²) in [4.78, 5) is 81.9. The molecule has 3 fully saturated rings. The lowest BCUT2D eigenvalue weighted by Gasteiger charge is -2.35. The third-order valence-electron chi connectivity index (χ3n) is 10.8. The van der Waals surface area contributed by atoms with Gasteiger partial charge in [-0.15, -0.1) is 6.58 Å². The number of ketones is 2. The van der Waals surface area contributed by atoms with Gasteiger partial charge in [0.25, 0.3) is 5.91 Å². The molecule has 11 heteroatoms. The fourth-order valence-electron chi connectivity index (χ4n) is 7.73. The average Bonchev–Trinajstić information content (AvgIpc) is 3.84. The zero-order valence-electron chi connectivity index (χ0n) is 28.1. The molecule has 0 radical (unpaired) electrons. The highest BCUT2D eigenvalue weighted by molar-refractivity contribution is 6.38. The van der Waals surface area contributed by atoms with Crippen LogP contribution < -0.4 is 21.3 Å². The summed E-state index contributed by atoms with van der Waals surface area (Å²) in [5, 5.41) is 11.0. The number of hydrogen-bond donors (Lipinski definition) is 4. The second-order valence-electron chi connectivity index (χ2n) is 14.7. The van der Waals surface area contributed by atoms with E-state index in [0.29, 0.717) is 19.4 Å². The average molecular weight is 648 g/mol. The summed E-state index contributed by atoms with van der Waals surface area (Å²) in [5.74, 6) is -2.86. The monoisotopic (exact) mass is 647 g/mol. The molecule has 0 spiro atoms. The molecule has 6 atom stereocenters. The highest BCUT2D eigenvalue weighted by Gasteiger charge is 2.69. The number of urea groups is 1. The van der Waals surface area contributed by atoms with E-state index in [1.807, 2.05) is 38.1 Å². The number of carbonyl (C=O) groups excluding carboxylic acids is 6. The summed E-state index contributed by atoms with van der Waals surface area (Å²) in [5.41, 5.74) is 2.03. The lowest BCUT2D eigenvalue weighted by Crippen LogP contribution is -2.61. The van der Waals surface area contributed by atoms with E-state index in [4.69, 9.17) is 0 Å². The van der Waals surface area contributed by atoms with Crippen molar-refractivity contribution in [2.24, 2.45) is 35.0 Å². The van der Waals surface area contributed by atoms with Crippen LogP contribution in [0.3, 0.4) is 0 Å². The summed E-state index contributed by atoms with van der Waals surface area (Å²) in [6, 6.07) is 3.85. The number of hydrogen-bond acceptors (Lipinski definition) is 6. The number of fused-ring (bicyclic) bond motifs is 2. The predicted octanol–water partition coefficient (Wildman–Crippen LogP) is 2.32. The molecule has 1 aliphatic heterocycles. The zero-order chi connectivity index (χ0) is 34.2. The highest BCUT2D eigenvalue weighted by Crippen LogP contribution is 2.65. The molecular formula is C36H49N5O6. The number of likely N-dealkylation sites (tertiary alicyclic amines) is 1. The van der Waals surface area contributed by atoms with Crippen LogP contribution in [0.25, 0.3) is 0 Å². The molecular weight excluding hydrogens is 598 g/mol. The summed E-state index contributed by atoms with van der Waals surface area (Å²) in [6.07, 6.45) is 4.48. The topological polar surface area (TPSA) is 154 Å². The Balaban J connectivity index is 1.37. The molecule has 5 amide bonds. The Kier molecular flexibility index (Phi) is 9.94. The minimum absolute atomic E-state index is 0.0168. The van der Waals surface area contributed by atoms with E-state index in [-0.39, 0.29) is 59.7 Å². The lowest BCUT2D eigenvalue weighted by atomic mass is 9.93. The van der Waals surface area contributed by atoms with Crippen LogP contribution in [0.1, 0.15) is 65.0 Å². The van der Waals surface area contributed by atoms with Gasteiger partial charge in [0.1, 0.15) is 12.1 Å². The largest absolute Gasteiger partial charge is 0.346 e. The molecule has 2 saturated carbocycles. The van der Waals surface area contributed by atoms with Crippen LogP contribution in [0, 0.1) is 35.0 Å². The first-order valence-corrected chi connectivity index (χ1v) is 17.0. The van der Waals surface area contributed by atoms with Crippen LogP contribution in [0.15, 0.2) is 36.9 Å². The molecule has 4 aliphatic rings. The number of amides is 5. The maximum Gasteiger partial charge on any atom is 0.316 e. The fourth-order valence-corrected chi connectivity index (χ4v) is 7.73. The SMILES string of the molecule is C=CCNC(=O)C(=O)C(CC)NC(=O)[C@@H]1[C@@H]2[C@H](CN1C(=O)[C@@H](NC(=O)N[C@H](C(=O)C1CC1)C(C)C)C1Cc3ccccc3C1)C2(C)C. The predicted molar refractivity (Wildman–Crippen MR) is 176 cm³/mol. The number of carbonyl (C=O) groups is 6. The molecule has 0 bridgehead atoms. The Labute approximate surface area is 277 Å². The Morgan fingerprint density at radius 2 is 1.64 bits per heavy atom. The molecule has 4 N–H and O–H groups in total. The van der Waals surface area contributed by atoms with Gasteiger partial charge in [-0.3, -0.25) is 24.0 Å². The molecule has 1 aromatic carbocycles. The van der Waals surface area contributed by atoms with E-state index >= 15 is 0 Å². The zero-order valence-corrected chi connectivity index (χ0v) is 28.1. The molecule has 1 unspecified atom stereocenters. The van der Waals surface area contributed by atoms with Gasteiger partial charge in [0.15, 0.2) is 5.78 Å². The Morgan fingerprint density at radius 1 is 1.00 bits per heavy atom. The van der Waals surface area contributed by atoms with Crippen LogP contribution in [0.5, 0.6) is 0 Å². The molecule has 1 aromatic rings. The van der Waals surface area contributed by atoms with Gasteiger partial charge in [-0.1, -0.05) is 65.0 Å². The van der Waals surface area contributed by atoms with Crippen molar-refractivity contribution in [1.29, 1.82) is 0 Å². The molecule has 1 saturated heterocycles. The third-order valence-corrected chi connectivity index (χ3v) is 10.8. The van der Waals surface area contributed by atoms with Gasteiger partial charge >= 0.3 is 6.03 Å². The van der Waals surface area contributed by atoms with Gasteiger partial charge in [-0.05, 0) is 72.3 Å². The normalized spacial score (nSPS) is 24.3. The molecule has 254 valence electrons. The number of piperidine rings is 1. The van der Waals surface area contributed by atoms with Gasteiger partial charge in [-0.2, -0.15) is 0 Å². The van der Waals surface area contributed by atoms with E-state index in [9.17, 15) is 28.8 Å². The summed E-state index contributed by atoms with van der Waals surface area (Å²) in [6.45, 7) is 13.6. The first kappa shape index (κ1) is 34.3. The number of nitrogens with zero attached hydrogens (tertiary/aromatic N) is 1. The van der Waals surface area contributed by atoms with Gasteiger partial charge in [0.2, 0.25) is 17.6 Å². The minimum atomic E-state index is -1.05. The first-order chi connectivity index (χ1) is 22.3. The van der Waals surface area contributed by atoms with Crippen LogP contribution in [-0.4, -0.2) is 77.5 Å². The summed E-state index contributed by atoms with van der Waals surface area (Å²) < 4.78 is 0. The maximum atomic E-state index is 14.6. The standard InChI is InChI=1S/C36H49N5O6/c1-7-15-37-33(45)31(43)25(8-2)38-32(44)29-26-24(36(26,5)6)18-41(29)34(46)28(23-16-21-11-9-10-12-22(21)17-23)40-35(47)39-27(19(3)4)30(42)20-13-14-20/h7,9-12,19-20,23-29H,1,8,13-18H2,2-6H3,(H,37,45)(H,38,44)(H2,39,40,47)/t24-,25?,26-,27-,28-,29-/m0/s1. The smallest absolute Gasteiger partial charge is 0.316 e. The van der Waals surface area contributed by atoms with Gasteiger partial charge in [0, 0.05) is 19.0 Å². The van der Waals surface area contributed by atoms with Crippen LogP contribution in [0.4, 0.5) is 4.79 Å². The molecule has 11 nitrogen and oxygen atoms in total. The van der Waals surface area contributed by atoms with Crippen LogP contribution in [0.2, 0.25) is 0 Å². The van der Waals surface area contributed by atoms with E-state index in [0.717, 1.165) is 24.0 Å². The van der Waals surface area contributed by atoms with Gasteiger partial charge < -0.3 is 26.2 Å². The Morgan fingerprint density at radius 3 is 2.19 bits per heavy atom. The van der Waals surface area contributed by atoms with Crippen molar-refractivity contribution in [1.82, 2.24) is 26.2 Å². The molecule has 1 heterocycles. The summed E-state index contributed by atoms with van der Waals surface area (Å²) in [7, 11) is 0. The number of Topliss-reactive ketones (excluding diaryl/α,β-unsaturated/α-hetero) is 2. The van der Waals surface area contributed by atoms with Crippen LogP contribution in [-0.2, 0) is 36.8 Å². The number of rotatable bonds is 14. The highest BCUT2D eigenvalue weighted by atomic mass is 16.2. The number of benzene rings is 1. The maximum absolute atomic E-state index is 14.6. The van der Waals surface area contributed by atoms with Crippen molar-refractivity contribution in [3.05, 3.63) is 48.0 Å². The van der Waals surface area contributed by atoms with E-state index in [2.05, 4.69) is 41.7 Å². The van der Waals surface area contributed by atoms with Crippen molar-refractivity contribution >= 4 is 35.3 Å². The van der Waals surface area contributed by atoms with Crippen molar-refractivity contribution in [3.63, 3.8) is 0 Å². The van der Waals surface area contributed by atoms with E-state index in [1.165, 1.54) is 6.08 Å².